The number of rotatable bonds is 5. The van der Waals surface area contributed by atoms with Gasteiger partial charge in [-0.3, -0.25) is 4.79 Å². The third-order valence-corrected chi connectivity index (χ3v) is 5.22. The number of hydrogen-bond donors (Lipinski definition) is 1. The van der Waals surface area contributed by atoms with Crippen molar-refractivity contribution in [1.82, 2.24) is 9.88 Å². The summed E-state index contributed by atoms with van der Waals surface area (Å²) in [5, 5.41) is 0. The van der Waals surface area contributed by atoms with Gasteiger partial charge in [0.1, 0.15) is 6.10 Å². The summed E-state index contributed by atoms with van der Waals surface area (Å²) in [7, 11) is 0. The maximum absolute atomic E-state index is 12.8. The van der Waals surface area contributed by atoms with Crippen molar-refractivity contribution < 1.29 is 9.53 Å². The number of aromatic amines is 1. The van der Waals surface area contributed by atoms with Crippen LogP contribution in [0.4, 0.5) is 0 Å². The fraction of sp³-hybridized carbons (Fsp3) is 0.292. The Morgan fingerprint density at radius 1 is 1.00 bits per heavy atom. The zero-order valence-electron chi connectivity index (χ0n) is 16.2. The lowest BCUT2D eigenvalue weighted by Gasteiger charge is -2.37. The lowest BCUT2D eigenvalue weighted by atomic mass is 10.1. The summed E-state index contributed by atoms with van der Waals surface area (Å²) in [4.78, 5) is 18.2. The van der Waals surface area contributed by atoms with E-state index in [1.165, 1.54) is 0 Å². The van der Waals surface area contributed by atoms with E-state index in [9.17, 15) is 4.79 Å². The van der Waals surface area contributed by atoms with Gasteiger partial charge in [-0.15, -0.1) is 0 Å². The van der Waals surface area contributed by atoms with E-state index in [1.54, 1.807) is 0 Å². The van der Waals surface area contributed by atoms with Crippen molar-refractivity contribution in [3.05, 3.63) is 84.1 Å². The molecule has 2 atom stereocenters. The number of aryl methyl sites for hydroxylation is 1. The molecule has 0 bridgehead atoms. The lowest BCUT2D eigenvalue weighted by molar-refractivity contribution is -0.144. The maximum Gasteiger partial charge on any atom is 0.223 e. The topological polar surface area (TPSA) is 45.3 Å². The van der Waals surface area contributed by atoms with Gasteiger partial charge in [-0.1, -0.05) is 60.7 Å². The largest absolute Gasteiger partial charge is 0.367 e. The Morgan fingerprint density at radius 3 is 2.46 bits per heavy atom. The third-order valence-electron chi connectivity index (χ3n) is 5.22. The van der Waals surface area contributed by atoms with E-state index in [-0.39, 0.29) is 18.1 Å². The Hall–Kier alpha value is -2.85. The molecule has 0 radical (unpaired) electrons. The molecule has 2 aromatic carbocycles. The average Bonchev–Trinajstić information content (AvgIpc) is 3.22. The fourth-order valence-electron chi connectivity index (χ4n) is 3.78. The maximum atomic E-state index is 12.8. The summed E-state index contributed by atoms with van der Waals surface area (Å²) < 4.78 is 6.07. The van der Waals surface area contributed by atoms with E-state index in [0.29, 0.717) is 25.9 Å². The Balaban J connectivity index is 1.36. The monoisotopic (exact) mass is 374 g/mol. The minimum absolute atomic E-state index is 0.0399. The first-order valence-corrected chi connectivity index (χ1v) is 9.90. The first-order valence-electron chi connectivity index (χ1n) is 9.90. The van der Waals surface area contributed by atoms with Gasteiger partial charge in [-0.05, 0) is 36.6 Å². The Kier molecular flexibility index (Phi) is 5.58. The smallest absolute Gasteiger partial charge is 0.223 e. The highest BCUT2D eigenvalue weighted by Gasteiger charge is 2.29. The summed E-state index contributed by atoms with van der Waals surface area (Å²) in [6, 6.07) is 24.5. The van der Waals surface area contributed by atoms with Crippen molar-refractivity contribution in [3.63, 3.8) is 0 Å². The number of morpholine rings is 1. The number of amides is 1. The molecule has 1 aliphatic heterocycles. The molecule has 144 valence electrons. The standard InChI is InChI=1S/C24H26N2O2/c1-18-16-26(17-23(28-18)20-10-6-3-7-11-20)24(27)15-13-21-12-14-22(25-21)19-8-4-2-5-9-19/h2-12,14,18,23,25H,13,15-17H2,1H3/t18-,23+/m0/s1. The zero-order valence-corrected chi connectivity index (χ0v) is 16.2. The number of benzene rings is 2. The van der Waals surface area contributed by atoms with Crippen LogP contribution in [0.25, 0.3) is 11.3 Å². The average molecular weight is 374 g/mol. The first kappa shape index (κ1) is 18.5. The Morgan fingerprint density at radius 2 is 1.71 bits per heavy atom. The highest BCUT2D eigenvalue weighted by atomic mass is 16.5. The number of carbonyl (C=O) groups excluding carboxylic acids is 1. The zero-order chi connectivity index (χ0) is 19.3. The van der Waals surface area contributed by atoms with Crippen molar-refractivity contribution in [2.75, 3.05) is 13.1 Å². The first-order chi connectivity index (χ1) is 13.7. The van der Waals surface area contributed by atoms with Crippen LogP contribution in [-0.4, -0.2) is 35.0 Å². The van der Waals surface area contributed by atoms with E-state index in [1.807, 2.05) is 48.2 Å². The molecule has 1 aromatic heterocycles. The molecule has 4 heteroatoms. The second-order valence-corrected chi connectivity index (χ2v) is 7.41. The number of ether oxygens (including phenoxy) is 1. The van der Waals surface area contributed by atoms with Gasteiger partial charge in [0, 0.05) is 24.4 Å². The van der Waals surface area contributed by atoms with E-state index in [0.717, 1.165) is 22.5 Å². The Labute approximate surface area is 166 Å². The van der Waals surface area contributed by atoms with Crippen molar-refractivity contribution >= 4 is 5.91 Å². The summed E-state index contributed by atoms with van der Waals surface area (Å²) >= 11 is 0. The predicted molar refractivity (Wildman–Crippen MR) is 111 cm³/mol. The molecule has 0 unspecified atom stereocenters. The molecule has 3 aromatic rings. The number of carbonyl (C=O) groups is 1. The summed E-state index contributed by atoms with van der Waals surface area (Å²) in [5.74, 6) is 0.187. The molecule has 0 aliphatic carbocycles. The molecule has 2 heterocycles. The molecule has 0 spiro atoms. The molecule has 1 saturated heterocycles. The van der Waals surface area contributed by atoms with Gasteiger partial charge in [0.15, 0.2) is 0 Å². The van der Waals surface area contributed by atoms with Crippen LogP contribution in [0.1, 0.15) is 30.7 Å². The van der Waals surface area contributed by atoms with Crippen molar-refractivity contribution in [1.29, 1.82) is 0 Å². The molecule has 1 amide bonds. The Bertz CT molecular complexity index is 905. The van der Waals surface area contributed by atoms with Crippen LogP contribution >= 0.6 is 0 Å². The third kappa shape index (κ3) is 4.34. The van der Waals surface area contributed by atoms with Gasteiger partial charge in [0.25, 0.3) is 0 Å². The summed E-state index contributed by atoms with van der Waals surface area (Å²) in [6.07, 6.45) is 1.21. The molecular weight excluding hydrogens is 348 g/mol. The minimum atomic E-state index is -0.0518. The molecule has 28 heavy (non-hydrogen) atoms. The van der Waals surface area contributed by atoms with Crippen LogP contribution in [0.3, 0.4) is 0 Å². The second-order valence-electron chi connectivity index (χ2n) is 7.41. The van der Waals surface area contributed by atoms with E-state index in [2.05, 4.69) is 41.4 Å². The van der Waals surface area contributed by atoms with Crippen molar-refractivity contribution in [2.45, 2.75) is 32.0 Å². The molecule has 1 N–H and O–H groups in total. The van der Waals surface area contributed by atoms with Crippen molar-refractivity contribution in [3.8, 4) is 11.3 Å². The predicted octanol–water partition coefficient (Wildman–Crippen LogP) is 4.60. The van der Waals surface area contributed by atoms with Crippen LogP contribution in [0.5, 0.6) is 0 Å². The minimum Gasteiger partial charge on any atom is -0.367 e. The number of nitrogens with zero attached hydrogens (tertiary/aromatic N) is 1. The molecule has 4 rings (SSSR count). The number of hydrogen-bond acceptors (Lipinski definition) is 2. The highest BCUT2D eigenvalue weighted by molar-refractivity contribution is 5.76. The van der Waals surface area contributed by atoms with Gasteiger partial charge in [0.2, 0.25) is 5.91 Å². The normalized spacial score (nSPS) is 19.5. The van der Waals surface area contributed by atoms with E-state index < -0.39 is 0 Å². The highest BCUT2D eigenvalue weighted by Crippen LogP contribution is 2.26. The van der Waals surface area contributed by atoms with Crippen LogP contribution in [0.15, 0.2) is 72.8 Å². The molecule has 0 saturated carbocycles. The van der Waals surface area contributed by atoms with Crippen LogP contribution in [0, 0.1) is 0 Å². The second kappa shape index (κ2) is 8.44. The van der Waals surface area contributed by atoms with Crippen molar-refractivity contribution in [2.24, 2.45) is 0 Å². The van der Waals surface area contributed by atoms with Gasteiger partial charge >= 0.3 is 0 Å². The molecule has 1 aliphatic rings. The molecule has 4 nitrogen and oxygen atoms in total. The van der Waals surface area contributed by atoms with E-state index >= 15 is 0 Å². The summed E-state index contributed by atoms with van der Waals surface area (Å²) in [5.41, 5.74) is 4.47. The molecular formula is C24H26N2O2. The fourth-order valence-corrected chi connectivity index (χ4v) is 3.78. The SMILES string of the molecule is C[C@H]1CN(C(=O)CCc2ccc(-c3ccccc3)[nH]2)C[C@H](c2ccccc2)O1. The lowest BCUT2D eigenvalue weighted by Crippen LogP contribution is -2.46. The van der Waals surface area contributed by atoms with Crippen LogP contribution in [0.2, 0.25) is 0 Å². The summed E-state index contributed by atoms with van der Waals surface area (Å²) in [6.45, 7) is 3.31. The quantitative estimate of drug-likeness (QED) is 0.709. The van der Waals surface area contributed by atoms with Gasteiger partial charge < -0.3 is 14.6 Å². The van der Waals surface area contributed by atoms with Gasteiger partial charge in [0.05, 0.1) is 12.6 Å². The van der Waals surface area contributed by atoms with Gasteiger partial charge in [-0.25, -0.2) is 0 Å². The number of aromatic nitrogens is 1. The van der Waals surface area contributed by atoms with Gasteiger partial charge in [-0.2, -0.15) is 0 Å². The van der Waals surface area contributed by atoms with Crippen LogP contribution < -0.4 is 0 Å². The number of H-pyrrole nitrogens is 1. The molecule has 1 fully saturated rings. The van der Waals surface area contributed by atoms with E-state index in [4.69, 9.17) is 4.74 Å². The van der Waals surface area contributed by atoms with Crippen LogP contribution in [-0.2, 0) is 16.0 Å². The number of nitrogens with one attached hydrogen (secondary N) is 1.